The number of nitro groups is 1. The summed E-state index contributed by atoms with van der Waals surface area (Å²) in [4.78, 5) is 14.9. The number of alkyl halides is 1. The summed E-state index contributed by atoms with van der Waals surface area (Å²) in [6.07, 6.45) is 0. The highest BCUT2D eigenvalue weighted by Gasteiger charge is 2.18. The van der Waals surface area contributed by atoms with Crippen LogP contribution in [0.5, 0.6) is 0 Å². The molecule has 0 radical (unpaired) electrons. The molecular formula is C14H22ClN3O2. The molecule has 1 atom stereocenters. The molecule has 1 aromatic carbocycles. The molecule has 112 valence electrons. The fraction of sp³-hybridized carbons (Fsp3) is 0.571. The highest BCUT2D eigenvalue weighted by molar-refractivity contribution is 6.17. The lowest BCUT2D eigenvalue weighted by Gasteiger charge is -2.32. The van der Waals surface area contributed by atoms with Crippen molar-refractivity contribution in [2.75, 3.05) is 32.1 Å². The number of nitrogens with zero attached hydrogens (tertiary/aromatic N) is 3. The Morgan fingerprint density at radius 3 is 2.50 bits per heavy atom. The summed E-state index contributed by atoms with van der Waals surface area (Å²) in [5, 5.41) is 10.9. The second-order valence-electron chi connectivity index (χ2n) is 5.10. The third-order valence-electron chi connectivity index (χ3n) is 3.24. The zero-order valence-electron chi connectivity index (χ0n) is 12.5. The molecule has 0 bridgehead atoms. The molecule has 0 spiro atoms. The van der Waals surface area contributed by atoms with Crippen LogP contribution in [-0.4, -0.2) is 43.0 Å². The number of likely N-dealkylation sites (N-methyl/N-ethyl adjacent to an activating group) is 2. The monoisotopic (exact) mass is 299 g/mol. The van der Waals surface area contributed by atoms with Gasteiger partial charge in [0.2, 0.25) is 0 Å². The minimum absolute atomic E-state index is 0.0834. The number of halogens is 1. The van der Waals surface area contributed by atoms with Crippen molar-refractivity contribution in [3.63, 3.8) is 0 Å². The van der Waals surface area contributed by atoms with Gasteiger partial charge in [0.1, 0.15) is 0 Å². The third kappa shape index (κ3) is 4.08. The molecular weight excluding hydrogens is 278 g/mol. The van der Waals surface area contributed by atoms with Crippen molar-refractivity contribution < 1.29 is 4.92 Å². The van der Waals surface area contributed by atoms with E-state index in [4.69, 9.17) is 11.6 Å². The Morgan fingerprint density at radius 1 is 1.40 bits per heavy atom. The summed E-state index contributed by atoms with van der Waals surface area (Å²) >= 11 is 5.83. The zero-order valence-corrected chi connectivity index (χ0v) is 13.2. The fourth-order valence-electron chi connectivity index (χ4n) is 2.41. The quantitative estimate of drug-likeness (QED) is 0.441. The number of rotatable bonds is 7. The molecule has 0 heterocycles. The predicted molar refractivity (Wildman–Crippen MR) is 83.7 cm³/mol. The SMILES string of the molecule is CCN(c1ccc([N+](=O)[O-])c(CCl)c1)C(C)CN(C)C. The van der Waals surface area contributed by atoms with Gasteiger partial charge in [-0.05, 0) is 40.1 Å². The van der Waals surface area contributed by atoms with Crippen LogP contribution in [0.1, 0.15) is 19.4 Å². The fourth-order valence-corrected chi connectivity index (χ4v) is 2.63. The van der Waals surface area contributed by atoms with Crippen molar-refractivity contribution in [3.05, 3.63) is 33.9 Å². The smallest absolute Gasteiger partial charge is 0.273 e. The lowest BCUT2D eigenvalue weighted by molar-refractivity contribution is -0.385. The van der Waals surface area contributed by atoms with Crippen molar-refractivity contribution >= 4 is 23.0 Å². The first kappa shape index (κ1) is 16.7. The van der Waals surface area contributed by atoms with E-state index in [2.05, 4.69) is 23.6 Å². The lowest BCUT2D eigenvalue weighted by atomic mass is 10.1. The van der Waals surface area contributed by atoms with Gasteiger partial charge >= 0.3 is 0 Å². The highest BCUT2D eigenvalue weighted by Crippen LogP contribution is 2.27. The van der Waals surface area contributed by atoms with Gasteiger partial charge < -0.3 is 9.80 Å². The Bertz CT molecular complexity index is 466. The second kappa shape index (κ2) is 7.45. The molecule has 1 unspecified atom stereocenters. The van der Waals surface area contributed by atoms with Crippen molar-refractivity contribution in [2.24, 2.45) is 0 Å². The molecule has 1 aromatic rings. The number of anilines is 1. The molecule has 0 amide bonds. The van der Waals surface area contributed by atoms with Gasteiger partial charge in [-0.1, -0.05) is 0 Å². The van der Waals surface area contributed by atoms with Gasteiger partial charge in [0.05, 0.1) is 10.8 Å². The highest BCUT2D eigenvalue weighted by atomic mass is 35.5. The van der Waals surface area contributed by atoms with E-state index < -0.39 is 0 Å². The number of hydrogen-bond acceptors (Lipinski definition) is 4. The molecule has 0 saturated carbocycles. The van der Waals surface area contributed by atoms with E-state index in [1.54, 1.807) is 6.07 Å². The number of hydrogen-bond donors (Lipinski definition) is 0. The second-order valence-corrected chi connectivity index (χ2v) is 5.37. The average molecular weight is 300 g/mol. The maximum Gasteiger partial charge on any atom is 0.273 e. The van der Waals surface area contributed by atoms with E-state index in [0.717, 1.165) is 18.8 Å². The molecule has 1 rings (SSSR count). The number of benzene rings is 1. The summed E-state index contributed by atoms with van der Waals surface area (Å²) in [6.45, 7) is 5.98. The summed E-state index contributed by atoms with van der Waals surface area (Å²) in [7, 11) is 4.06. The van der Waals surface area contributed by atoms with Crippen LogP contribution < -0.4 is 4.90 Å². The molecule has 0 aromatic heterocycles. The molecule has 0 N–H and O–H groups in total. The molecule has 20 heavy (non-hydrogen) atoms. The summed E-state index contributed by atoms with van der Waals surface area (Å²) < 4.78 is 0. The van der Waals surface area contributed by atoms with Crippen LogP contribution in [0.4, 0.5) is 11.4 Å². The summed E-state index contributed by atoms with van der Waals surface area (Å²) in [6, 6.07) is 5.47. The van der Waals surface area contributed by atoms with Gasteiger partial charge in [0.25, 0.3) is 5.69 Å². The lowest BCUT2D eigenvalue weighted by Crippen LogP contribution is -2.40. The molecule has 5 nitrogen and oxygen atoms in total. The Balaban J connectivity index is 3.07. The van der Waals surface area contributed by atoms with Gasteiger partial charge in [-0.15, -0.1) is 11.6 Å². The van der Waals surface area contributed by atoms with E-state index in [1.165, 1.54) is 6.07 Å². The van der Waals surface area contributed by atoms with Gasteiger partial charge in [-0.25, -0.2) is 0 Å². The van der Waals surface area contributed by atoms with E-state index in [9.17, 15) is 10.1 Å². The van der Waals surface area contributed by atoms with Crippen LogP contribution in [0, 0.1) is 10.1 Å². The first-order valence-corrected chi connectivity index (χ1v) is 7.18. The van der Waals surface area contributed by atoms with Crippen LogP contribution in [0.3, 0.4) is 0 Å². The van der Waals surface area contributed by atoms with E-state index >= 15 is 0 Å². The van der Waals surface area contributed by atoms with Crippen molar-refractivity contribution in [1.29, 1.82) is 0 Å². The Kier molecular flexibility index (Phi) is 6.23. The van der Waals surface area contributed by atoms with Gasteiger partial charge in [0, 0.05) is 36.4 Å². The first-order chi connectivity index (χ1) is 9.40. The maximum absolute atomic E-state index is 10.9. The molecule has 0 aliphatic carbocycles. The average Bonchev–Trinajstić information content (AvgIpc) is 2.38. The summed E-state index contributed by atoms with van der Waals surface area (Å²) in [5.74, 6) is 0.143. The van der Waals surface area contributed by atoms with Crippen molar-refractivity contribution in [2.45, 2.75) is 25.8 Å². The predicted octanol–water partition coefficient (Wildman–Crippen LogP) is 3.11. The molecule has 0 aliphatic heterocycles. The normalized spacial score (nSPS) is 12.5. The van der Waals surface area contributed by atoms with Crippen molar-refractivity contribution in [1.82, 2.24) is 4.90 Å². The minimum Gasteiger partial charge on any atom is -0.368 e. The Morgan fingerprint density at radius 2 is 2.05 bits per heavy atom. The topological polar surface area (TPSA) is 49.6 Å². The van der Waals surface area contributed by atoms with Crippen LogP contribution >= 0.6 is 11.6 Å². The van der Waals surface area contributed by atoms with Crippen molar-refractivity contribution in [3.8, 4) is 0 Å². The van der Waals surface area contributed by atoms with Crippen LogP contribution in [0.15, 0.2) is 18.2 Å². The largest absolute Gasteiger partial charge is 0.368 e. The summed E-state index contributed by atoms with van der Waals surface area (Å²) in [5.41, 5.74) is 1.62. The van der Waals surface area contributed by atoms with E-state index in [0.29, 0.717) is 11.6 Å². The Labute approximate surface area is 125 Å². The Hall–Kier alpha value is -1.33. The van der Waals surface area contributed by atoms with E-state index in [1.807, 2.05) is 20.2 Å². The third-order valence-corrected chi connectivity index (χ3v) is 3.53. The first-order valence-electron chi connectivity index (χ1n) is 6.65. The standard InChI is InChI=1S/C14H22ClN3O2/c1-5-17(11(2)10-16(3)4)13-6-7-14(18(19)20)12(8-13)9-15/h6-8,11H,5,9-10H2,1-4H3. The molecule has 6 heteroatoms. The molecule has 0 saturated heterocycles. The van der Waals surface area contributed by atoms with Crippen LogP contribution in [0.2, 0.25) is 0 Å². The molecule has 0 aliphatic rings. The maximum atomic E-state index is 10.9. The van der Waals surface area contributed by atoms with Crippen LogP contribution in [0.25, 0.3) is 0 Å². The minimum atomic E-state index is -0.388. The van der Waals surface area contributed by atoms with Gasteiger partial charge in [0.15, 0.2) is 0 Å². The van der Waals surface area contributed by atoms with Gasteiger partial charge in [-0.3, -0.25) is 10.1 Å². The van der Waals surface area contributed by atoms with Gasteiger partial charge in [-0.2, -0.15) is 0 Å². The zero-order chi connectivity index (χ0) is 15.3. The molecule has 0 fully saturated rings. The van der Waals surface area contributed by atoms with Crippen LogP contribution in [-0.2, 0) is 5.88 Å². The number of nitro benzene ring substituents is 1. The van der Waals surface area contributed by atoms with E-state index in [-0.39, 0.29) is 16.5 Å².